The first-order valence-corrected chi connectivity index (χ1v) is 10.2. The summed E-state index contributed by atoms with van der Waals surface area (Å²) in [7, 11) is 1.68. The quantitative estimate of drug-likeness (QED) is 0.462. The van der Waals surface area contributed by atoms with Crippen LogP contribution in [0.5, 0.6) is 11.5 Å². The van der Waals surface area contributed by atoms with Crippen molar-refractivity contribution in [3.8, 4) is 11.5 Å². The number of ether oxygens (including phenoxy) is 2. The second-order valence-electron chi connectivity index (χ2n) is 8.86. The average Bonchev–Trinajstić information content (AvgIpc) is 2.57. The standard InChI is InChI=1S/C23H32BrNO2.ClH/c1-22(2,3)16-23(4,5)25-14-18-12-19(24)21(20(13-18)26-6)27-15-17-10-8-7-9-11-17;/h7-13,25H,14-16H2,1-6H3;1H. The van der Waals surface area contributed by atoms with Gasteiger partial charge >= 0.3 is 0 Å². The lowest BCUT2D eigenvalue weighted by atomic mass is 9.82. The topological polar surface area (TPSA) is 30.5 Å². The fraction of sp³-hybridized carbons (Fsp3) is 0.478. The summed E-state index contributed by atoms with van der Waals surface area (Å²) < 4.78 is 12.5. The molecule has 1 N–H and O–H groups in total. The monoisotopic (exact) mass is 469 g/mol. The molecule has 0 aliphatic carbocycles. The summed E-state index contributed by atoms with van der Waals surface area (Å²) in [5, 5.41) is 3.67. The summed E-state index contributed by atoms with van der Waals surface area (Å²) in [5.41, 5.74) is 2.62. The first kappa shape index (κ1) is 24.8. The van der Waals surface area contributed by atoms with Gasteiger partial charge in [0, 0.05) is 12.1 Å². The number of hydrogen-bond acceptors (Lipinski definition) is 3. The van der Waals surface area contributed by atoms with Crippen LogP contribution in [-0.4, -0.2) is 12.6 Å². The van der Waals surface area contributed by atoms with E-state index in [1.165, 1.54) is 0 Å². The predicted octanol–water partition coefficient (Wildman–Crippen LogP) is 6.76. The fourth-order valence-corrected chi connectivity index (χ4v) is 4.08. The Morgan fingerprint density at radius 2 is 1.61 bits per heavy atom. The molecule has 0 aromatic heterocycles. The van der Waals surface area contributed by atoms with Crippen LogP contribution in [0.4, 0.5) is 0 Å². The molecule has 0 amide bonds. The molecule has 0 saturated carbocycles. The number of hydrogen-bond donors (Lipinski definition) is 1. The minimum atomic E-state index is 0. The van der Waals surface area contributed by atoms with Crippen molar-refractivity contribution in [3.63, 3.8) is 0 Å². The SMILES string of the molecule is COc1cc(CNC(C)(C)CC(C)(C)C)cc(Br)c1OCc1ccccc1.Cl. The van der Waals surface area contributed by atoms with Crippen LogP contribution in [0.2, 0.25) is 0 Å². The van der Waals surface area contributed by atoms with Crippen molar-refractivity contribution in [2.75, 3.05) is 7.11 Å². The van der Waals surface area contributed by atoms with E-state index in [-0.39, 0.29) is 23.4 Å². The summed E-state index contributed by atoms with van der Waals surface area (Å²) in [6, 6.07) is 14.3. The highest BCUT2D eigenvalue weighted by molar-refractivity contribution is 9.10. The summed E-state index contributed by atoms with van der Waals surface area (Å²) in [6.45, 7) is 12.6. The van der Waals surface area contributed by atoms with Gasteiger partial charge in [-0.25, -0.2) is 0 Å². The van der Waals surface area contributed by atoms with Crippen molar-refractivity contribution < 1.29 is 9.47 Å². The molecule has 0 aliphatic heterocycles. The predicted molar refractivity (Wildman–Crippen MR) is 124 cm³/mol. The molecule has 0 radical (unpaired) electrons. The lowest BCUT2D eigenvalue weighted by Crippen LogP contribution is -2.41. The number of nitrogens with one attached hydrogen (secondary N) is 1. The second-order valence-corrected chi connectivity index (χ2v) is 9.71. The van der Waals surface area contributed by atoms with E-state index in [0.29, 0.717) is 6.61 Å². The first-order chi connectivity index (χ1) is 12.6. The molecule has 2 aromatic rings. The van der Waals surface area contributed by atoms with Gasteiger partial charge in [-0.05, 0) is 64.9 Å². The molecule has 0 aliphatic rings. The maximum atomic E-state index is 6.02. The van der Waals surface area contributed by atoms with Crippen molar-refractivity contribution >= 4 is 28.3 Å². The summed E-state index contributed by atoms with van der Waals surface area (Å²) in [4.78, 5) is 0. The van der Waals surface area contributed by atoms with E-state index >= 15 is 0 Å². The van der Waals surface area contributed by atoms with Gasteiger partial charge in [0.05, 0.1) is 11.6 Å². The van der Waals surface area contributed by atoms with Crippen LogP contribution in [0.15, 0.2) is 46.9 Å². The highest BCUT2D eigenvalue weighted by Gasteiger charge is 2.25. The number of methoxy groups -OCH3 is 1. The third-order valence-corrected chi connectivity index (χ3v) is 4.85. The van der Waals surface area contributed by atoms with Crippen LogP contribution in [0.3, 0.4) is 0 Å². The third kappa shape index (κ3) is 8.02. The van der Waals surface area contributed by atoms with E-state index in [4.69, 9.17) is 9.47 Å². The van der Waals surface area contributed by atoms with Gasteiger partial charge in [-0.3, -0.25) is 0 Å². The molecule has 5 heteroatoms. The molecule has 28 heavy (non-hydrogen) atoms. The summed E-state index contributed by atoms with van der Waals surface area (Å²) >= 11 is 3.65. The fourth-order valence-electron chi connectivity index (χ4n) is 3.47. The molecule has 0 bridgehead atoms. The molecule has 2 rings (SSSR count). The number of benzene rings is 2. The molecule has 0 saturated heterocycles. The van der Waals surface area contributed by atoms with Crippen molar-refractivity contribution in [3.05, 3.63) is 58.1 Å². The van der Waals surface area contributed by atoms with E-state index in [9.17, 15) is 0 Å². The molecule has 156 valence electrons. The smallest absolute Gasteiger partial charge is 0.175 e. The van der Waals surface area contributed by atoms with E-state index in [2.05, 4.69) is 74.1 Å². The molecule has 0 spiro atoms. The molecule has 0 heterocycles. The molecule has 2 aromatic carbocycles. The van der Waals surface area contributed by atoms with Crippen LogP contribution in [0.25, 0.3) is 0 Å². The second kappa shape index (κ2) is 10.5. The van der Waals surface area contributed by atoms with Crippen molar-refractivity contribution in [1.29, 1.82) is 0 Å². The van der Waals surface area contributed by atoms with E-state index < -0.39 is 0 Å². The van der Waals surface area contributed by atoms with Gasteiger partial charge in [-0.2, -0.15) is 0 Å². The Morgan fingerprint density at radius 3 is 2.18 bits per heavy atom. The Labute approximate surface area is 184 Å². The minimum Gasteiger partial charge on any atom is -0.493 e. The molecular weight excluding hydrogens is 438 g/mol. The average molecular weight is 471 g/mol. The zero-order chi connectivity index (χ0) is 20.1. The van der Waals surface area contributed by atoms with Crippen molar-refractivity contribution in [2.24, 2.45) is 5.41 Å². The highest BCUT2D eigenvalue weighted by Crippen LogP contribution is 2.37. The van der Waals surface area contributed by atoms with Crippen LogP contribution >= 0.6 is 28.3 Å². The van der Waals surface area contributed by atoms with Gasteiger partial charge in [0.15, 0.2) is 11.5 Å². The first-order valence-electron chi connectivity index (χ1n) is 9.38. The molecule has 0 unspecified atom stereocenters. The highest BCUT2D eigenvalue weighted by atomic mass is 79.9. The Hall–Kier alpha value is -1.23. The van der Waals surface area contributed by atoms with Crippen LogP contribution < -0.4 is 14.8 Å². The summed E-state index contributed by atoms with van der Waals surface area (Å²) in [6.07, 6.45) is 1.09. The maximum absolute atomic E-state index is 6.02. The Balaban J connectivity index is 0.00000392. The zero-order valence-corrected chi connectivity index (χ0v) is 20.2. The van der Waals surface area contributed by atoms with Crippen LogP contribution in [-0.2, 0) is 13.2 Å². The largest absolute Gasteiger partial charge is 0.493 e. The third-order valence-electron chi connectivity index (χ3n) is 4.26. The zero-order valence-electron chi connectivity index (χ0n) is 17.8. The Morgan fingerprint density at radius 1 is 0.964 bits per heavy atom. The van der Waals surface area contributed by atoms with Gasteiger partial charge < -0.3 is 14.8 Å². The normalized spacial score (nSPS) is 11.7. The number of halogens is 2. The van der Waals surface area contributed by atoms with Gasteiger partial charge in [0.25, 0.3) is 0 Å². The van der Waals surface area contributed by atoms with Gasteiger partial charge in [-0.1, -0.05) is 51.1 Å². The molecule has 3 nitrogen and oxygen atoms in total. The van der Waals surface area contributed by atoms with Gasteiger partial charge in [0.2, 0.25) is 0 Å². The van der Waals surface area contributed by atoms with E-state index in [0.717, 1.165) is 40.1 Å². The molecule has 0 fully saturated rings. The van der Waals surface area contributed by atoms with Crippen LogP contribution in [0.1, 0.15) is 52.2 Å². The number of rotatable bonds is 8. The maximum Gasteiger partial charge on any atom is 0.175 e. The van der Waals surface area contributed by atoms with Crippen molar-refractivity contribution in [2.45, 2.75) is 59.7 Å². The summed E-state index contributed by atoms with van der Waals surface area (Å²) in [5.74, 6) is 1.48. The molecular formula is C23H33BrClNO2. The van der Waals surface area contributed by atoms with Gasteiger partial charge in [-0.15, -0.1) is 12.4 Å². The van der Waals surface area contributed by atoms with Crippen LogP contribution in [0, 0.1) is 5.41 Å². The molecule has 0 atom stereocenters. The van der Waals surface area contributed by atoms with E-state index in [1.807, 2.05) is 24.3 Å². The van der Waals surface area contributed by atoms with Crippen molar-refractivity contribution in [1.82, 2.24) is 5.32 Å². The lowest BCUT2D eigenvalue weighted by Gasteiger charge is -2.33. The Bertz CT molecular complexity index is 742. The Kier molecular flexibility index (Phi) is 9.32. The van der Waals surface area contributed by atoms with E-state index in [1.54, 1.807) is 7.11 Å². The van der Waals surface area contributed by atoms with Gasteiger partial charge in [0.1, 0.15) is 6.61 Å². The lowest BCUT2D eigenvalue weighted by molar-refractivity contribution is 0.240. The minimum absolute atomic E-state index is 0.